The predicted molar refractivity (Wildman–Crippen MR) is 99.4 cm³/mol. The summed E-state index contributed by atoms with van der Waals surface area (Å²) in [4.78, 5) is 0. The molecule has 0 radical (unpaired) electrons. The molecule has 1 rings (SSSR count). The lowest BCUT2D eigenvalue weighted by Crippen LogP contribution is -2.07. The van der Waals surface area contributed by atoms with E-state index in [-0.39, 0.29) is 0 Å². The van der Waals surface area contributed by atoms with Crippen LogP contribution in [0.1, 0.15) is 77.2 Å². The highest BCUT2D eigenvalue weighted by atomic mass is 16.5. The van der Waals surface area contributed by atoms with Gasteiger partial charge in [-0.1, -0.05) is 70.9 Å². The van der Waals surface area contributed by atoms with E-state index < -0.39 is 0 Å². The molecule has 0 saturated carbocycles. The maximum Gasteiger partial charge on any atom is 0.119 e. The molecule has 0 aliphatic rings. The topological polar surface area (TPSA) is 18.5 Å². The monoisotopic (exact) mass is 320 g/mol. The van der Waals surface area contributed by atoms with Crippen LogP contribution in [0.15, 0.2) is 24.3 Å². The average molecular weight is 321 g/mol. The van der Waals surface area contributed by atoms with Crippen LogP contribution >= 0.6 is 0 Å². The lowest BCUT2D eigenvalue weighted by Gasteiger charge is -2.08. The summed E-state index contributed by atoms with van der Waals surface area (Å²) in [5, 5.41) is 0. The number of hydrogen-bond donors (Lipinski definition) is 0. The van der Waals surface area contributed by atoms with Crippen LogP contribution in [0.25, 0.3) is 0 Å². The molecule has 2 nitrogen and oxygen atoms in total. The minimum atomic E-state index is 0.636. The Morgan fingerprint density at radius 1 is 0.652 bits per heavy atom. The highest BCUT2D eigenvalue weighted by Crippen LogP contribution is 2.15. The van der Waals surface area contributed by atoms with Crippen LogP contribution in [-0.2, 0) is 11.2 Å². The van der Waals surface area contributed by atoms with Crippen molar-refractivity contribution in [1.29, 1.82) is 0 Å². The van der Waals surface area contributed by atoms with E-state index in [4.69, 9.17) is 9.47 Å². The second-order valence-corrected chi connectivity index (χ2v) is 6.33. The smallest absolute Gasteiger partial charge is 0.119 e. The number of hydrogen-bond acceptors (Lipinski definition) is 2. The zero-order valence-corrected chi connectivity index (χ0v) is 15.3. The normalized spacial score (nSPS) is 10.9. The van der Waals surface area contributed by atoms with E-state index in [2.05, 4.69) is 38.1 Å². The molecule has 0 spiro atoms. The fourth-order valence-corrected chi connectivity index (χ4v) is 2.68. The van der Waals surface area contributed by atoms with Gasteiger partial charge in [0.2, 0.25) is 0 Å². The average Bonchev–Trinajstić information content (AvgIpc) is 2.58. The van der Waals surface area contributed by atoms with Crippen molar-refractivity contribution in [3.05, 3.63) is 29.8 Å². The van der Waals surface area contributed by atoms with Crippen LogP contribution in [0, 0.1) is 0 Å². The molecule has 0 fully saturated rings. The third-order valence-electron chi connectivity index (χ3n) is 4.09. The quantitative estimate of drug-likeness (QED) is 0.359. The lowest BCUT2D eigenvalue weighted by molar-refractivity contribution is 0.101. The fourth-order valence-electron chi connectivity index (χ4n) is 2.68. The van der Waals surface area contributed by atoms with Gasteiger partial charge in [0, 0.05) is 6.61 Å². The zero-order chi connectivity index (χ0) is 16.6. The second kappa shape index (κ2) is 14.6. The highest BCUT2D eigenvalue weighted by molar-refractivity contribution is 5.27. The van der Waals surface area contributed by atoms with Crippen molar-refractivity contribution in [3.8, 4) is 5.75 Å². The summed E-state index contributed by atoms with van der Waals surface area (Å²) in [6, 6.07) is 8.56. The first-order valence-corrected chi connectivity index (χ1v) is 9.66. The molecule has 0 bridgehead atoms. The summed E-state index contributed by atoms with van der Waals surface area (Å²) in [5.74, 6) is 0.949. The minimum Gasteiger partial charge on any atom is -0.491 e. The summed E-state index contributed by atoms with van der Waals surface area (Å²) in [6.07, 6.45) is 13.3. The van der Waals surface area contributed by atoms with Gasteiger partial charge in [-0.3, -0.25) is 0 Å². The van der Waals surface area contributed by atoms with Gasteiger partial charge in [0.25, 0.3) is 0 Å². The van der Waals surface area contributed by atoms with Crippen molar-refractivity contribution in [1.82, 2.24) is 0 Å². The van der Waals surface area contributed by atoms with Gasteiger partial charge in [0.1, 0.15) is 12.4 Å². The Labute approximate surface area is 143 Å². The standard InChI is InChI=1S/C21H36O2/c1-3-5-6-7-8-9-10-11-12-20-13-15-21(16-14-20)23-19-18-22-17-4-2/h13-16H,3-12,17-19H2,1-2H3. The van der Waals surface area contributed by atoms with Gasteiger partial charge in [-0.2, -0.15) is 0 Å². The third-order valence-corrected chi connectivity index (χ3v) is 4.09. The number of unbranched alkanes of at least 4 members (excludes halogenated alkanes) is 7. The molecule has 0 saturated heterocycles. The fraction of sp³-hybridized carbons (Fsp3) is 0.714. The maximum atomic E-state index is 5.67. The SMILES string of the molecule is CCCCCCCCCCc1ccc(OCCOCCC)cc1. The third kappa shape index (κ3) is 11.2. The Morgan fingerprint density at radius 3 is 1.96 bits per heavy atom. The van der Waals surface area contributed by atoms with Crippen LogP contribution in [0.4, 0.5) is 0 Å². The highest BCUT2D eigenvalue weighted by Gasteiger charge is 1.97. The molecular formula is C21H36O2. The molecule has 23 heavy (non-hydrogen) atoms. The van der Waals surface area contributed by atoms with Crippen molar-refractivity contribution < 1.29 is 9.47 Å². The predicted octanol–water partition coefficient (Wildman–Crippen LogP) is 6.18. The van der Waals surface area contributed by atoms with Crippen LogP contribution in [0.5, 0.6) is 5.75 Å². The van der Waals surface area contributed by atoms with Crippen LogP contribution < -0.4 is 4.74 Å². The van der Waals surface area contributed by atoms with Gasteiger partial charge in [-0.25, -0.2) is 0 Å². The van der Waals surface area contributed by atoms with Crippen molar-refractivity contribution in [2.45, 2.75) is 78.1 Å². The first-order valence-electron chi connectivity index (χ1n) is 9.66. The van der Waals surface area contributed by atoms with Crippen molar-refractivity contribution in [2.24, 2.45) is 0 Å². The molecule has 1 aromatic carbocycles. The van der Waals surface area contributed by atoms with Gasteiger partial charge >= 0.3 is 0 Å². The molecule has 0 heterocycles. The molecule has 0 aliphatic carbocycles. The maximum absolute atomic E-state index is 5.67. The van der Waals surface area contributed by atoms with Gasteiger partial charge in [-0.15, -0.1) is 0 Å². The number of rotatable bonds is 15. The molecule has 0 amide bonds. The summed E-state index contributed by atoms with van der Waals surface area (Å²) >= 11 is 0. The van der Waals surface area contributed by atoms with Crippen molar-refractivity contribution in [2.75, 3.05) is 19.8 Å². The molecular weight excluding hydrogens is 284 g/mol. The number of aryl methyl sites for hydroxylation is 1. The van der Waals surface area contributed by atoms with E-state index in [1.807, 2.05) is 0 Å². The summed E-state index contributed by atoms with van der Waals surface area (Å²) < 4.78 is 11.1. The number of ether oxygens (including phenoxy) is 2. The second-order valence-electron chi connectivity index (χ2n) is 6.33. The summed E-state index contributed by atoms with van der Waals surface area (Å²) in [5.41, 5.74) is 1.42. The zero-order valence-electron chi connectivity index (χ0n) is 15.3. The van der Waals surface area contributed by atoms with Crippen molar-refractivity contribution >= 4 is 0 Å². The lowest BCUT2D eigenvalue weighted by atomic mass is 10.0. The van der Waals surface area contributed by atoms with Gasteiger partial charge in [-0.05, 0) is 37.0 Å². The van der Waals surface area contributed by atoms with E-state index in [1.54, 1.807) is 0 Å². The Balaban J connectivity index is 2.03. The summed E-state index contributed by atoms with van der Waals surface area (Å²) in [6.45, 7) is 6.52. The molecule has 0 aliphatic heterocycles. The van der Waals surface area contributed by atoms with Crippen LogP contribution in [0.2, 0.25) is 0 Å². The molecule has 0 N–H and O–H groups in total. The van der Waals surface area contributed by atoms with Crippen LogP contribution in [-0.4, -0.2) is 19.8 Å². The molecule has 0 unspecified atom stereocenters. The molecule has 1 aromatic rings. The summed E-state index contributed by atoms with van der Waals surface area (Å²) in [7, 11) is 0. The van der Waals surface area contributed by atoms with E-state index in [9.17, 15) is 0 Å². The molecule has 0 aromatic heterocycles. The molecule has 0 atom stereocenters. The van der Waals surface area contributed by atoms with Gasteiger partial charge in [0.05, 0.1) is 6.61 Å². The van der Waals surface area contributed by atoms with E-state index in [0.29, 0.717) is 13.2 Å². The van der Waals surface area contributed by atoms with Crippen molar-refractivity contribution in [3.63, 3.8) is 0 Å². The molecule has 2 heteroatoms. The van der Waals surface area contributed by atoms with Crippen LogP contribution in [0.3, 0.4) is 0 Å². The van der Waals surface area contributed by atoms with Gasteiger partial charge < -0.3 is 9.47 Å². The Hall–Kier alpha value is -1.02. The van der Waals surface area contributed by atoms with Gasteiger partial charge in [0.15, 0.2) is 0 Å². The largest absolute Gasteiger partial charge is 0.491 e. The van der Waals surface area contributed by atoms with E-state index >= 15 is 0 Å². The first kappa shape index (κ1) is 20.0. The Kier molecular flexibility index (Phi) is 12.7. The van der Waals surface area contributed by atoms with E-state index in [0.717, 1.165) is 18.8 Å². The first-order chi connectivity index (χ1) is 11.4. The van der Waals surface area contributed by atoms with E-state index in [1.165, 1.54) is 63.4 Å². The number of benzene rings is 1. The minimum absolute atomic E-state index is 0.636. The Morgan fingerprint density at radius 2 is 1.30 bits per heavy atom. The Bertz CT molecular complexity index is 359. The molecule has 132 valence electrons.